The second kappa shape index (κ2) is 6.88. The summed E-state index contributed by atoms with van der Waals surface area (Å²) in [6, 6.07) is 8.34. The lowest BCUT2D eigenvalue weighted by molar-refractivity contribution is 0.748. The first-order valence-corrected chi connectivity index (χ1v) is 5.81. The maximum absolute atomic E-state index is 5.73. The Bertz CT molecular complexity index is 328. The molecule has 0 aromatic heterocycles. The monoisotopic (exact) mass is 219 g/mol. The van der Waals surface area contributed by atoms with Crippen LogP contribution >= 0.6 is 0 Å². The van der Waals surface area contributed by atoms with Gasteiger partial charge in [-0.25, -0.2) is 4.99 Å². The molecule has 0 aliphatic rings. The number of aryl methyl sites for hydroxylation is 1. The van der Waals surface area contributed by atoms with E-state index in [2.05, 4.69) is 48.4 Å². The minimum atomic E-state index is 0.536. The van der Waals surface area contributed by atoms with Crippen LogP contribution in [0.3, 0.4) is 0 Å². The first-order chi connectivity index (χ1) is 7.72. The molecule has 0 radical (unpaired) electrons. The normalized spacial score (nSPS) is 11.5. The highest BCUT2D eigenvalue weighted by molar-refractivity contribution is 5.77. The van der Waals surface area contributed by atoms with Crippen LogP contribution in [0, 0.1) is 6.92 Å². The SMILES string of the molecule is CCCCNC(N)=NCc1ccc(C)cc1. The molecule has 1 aromatic carbocycles. The fraction of sp³-hybridized carbons (Fsp3) is 0.462. The van der Waals surface area contributed by atoms with Crippen molar-refractivity contribution >= 4 is 5.96 Å². The number of rotatable bonds is 5. The summed E-state index contributed by atoms with van der Waals surface area (Å²) >= 11 is 0. The maximum Gasteiger partial charge on any atom is 0.188 e. The topological polar surface area (TPSA) is 50.4 Å². The van der Waals surface area contributed by atoms with Gasteiger partial charge in [-0.15, -0.1) is 0 Å². The summed E-state index contributed by atoms with van der Waals surface area (Å²) in [5.41, 5.74) is 8.18. The highest BCUT2D eigenvalue weighted by atomic mass is 15.1. The molecule has 1 aromatic rings. The molecule has 1 rings (SSSR count). The van der Waals surface area contributed by atoms with Gasteiger partial charge in [0.2, 0.25) is 0 Å². The predicted octanol–water partition coefficient (Wildman–Crippen LogP) is 2.20. The third-order valence-electron chi connectivity index (χ3n) is 2.39. The Morgan fingerprint density at radius 2 is 2.00 bits per heavy atom. The molecule has 3 nitrogen and oxygen atoms in total. The Morgan fingerprint density at radius 1 is 1.31 bits per heavy atom. The molecule has 0 bridgehead atoms. The van der Waals surface area contributed by atoms with E-state index in [9.17, 15) is 0 Å². The van der Waals surface area contributed by atoms with E-state index in [1.165, 1.54) is 11.1 Å². The highest BCUT2D eigenvalue weighted by Crippen LogP contribution is 2.03. The Hall–Kier alpha value is -1.51. The Balaban J connectivity index is 2.37. The molecule has 3 N–H and O–H groups in total. The van der Waals surface area contributed by atoms with E-state index in [1.807, 2.05) is 0 Å². The van der Waals surface area contributed by atoms with Crippen LogP contribution in [0.5, 0.6) is 0 Å². The average Bonchev–Trinajstić information content (AvgIpc) is 2.29. The van der Waals surface area contributed by atoms with Crippen molar-refractivity contribution < 1.29 is 0 Å². The molecular formula is C13H21N3. The summed E-state index contributed by atoms with van der Waals surface area (Å²) in [6.07, 6.45) is 2.29. The van der Waals surface area contributed by atoms with E-state index in [-0.39, 0.29) is 0 Å². The molecule has 0 saturated heterocycles. The smallest absolute Gasteiger partial charge is 0.188 e. The summed E-state index contributed by atoms with van der Waals surface area (Å²) in [7, 11) is 0. The van der Waals surface area contributed by atoms with Gasteiger partial charge in [0, 0.05) is 6.54 Å². The molecule has 0 unspecified atom stereocenters. The summed E-state index contributed by atoms with van der Waals surface area (Å²) in [4.78, 5) is 4.28. The van der Waals surface area contributed by atoms with Crippen molar-refractivity contribution in [2.45, 2.75) is 33.2 Å². The number of aliphatic imine (C=N–C) groups is 1. The largest absolute Gasteiger partial charge is 0.370 e. The second-order valence-electron chi connectivity index (χ2n) is 3.97. The van der Waals surface area contributed by atoms with Crippen molar-refractivity contribution in [1.82, 2.24) is 5.32 Å². The van der Waals surface area contributed by atoms with E-state index < -0.39 is 0 Å². The first kappa shape index (κ1) is 12.6. The number of unbranched alkanes of at least 4 members (excludes halogenated alkanes) is 1. The van der Waals surface area contributed by atoms with E-state index in [0.29, 0.717) is 12.5 Å². The second-order valence-corrected chi connectivity index (χ2v) is 3.97. The van der Waals surface area contributed by atoms with E-state index in [1.54, 1.807) is 0 Å². The zero-order valence-electron chi connectivity index (χ0n) is 10.2. The summed E-state index contributed by atoms with van der Waals surface area (Å²) in [5, 5.41) is 3.09. The van der Waals surface area contributed by atoms with E-state index in [0.717, 1.165) is 19.4 Å². The van der Waals surface area contributed by atoms with Gasteiger partial charge in [-0.05, 0) is 18.9 Å². The van der Waals surface area contributed by atoms with Gasteiger partial charge in [0.1, 0.15) is 0 Å². The molecule has 0 aliphatic carbocycles. The standard InChI is InChI=1S/C13H21N3/c1-3-4-9-15-13(14)16-10-12-7-5-11(2)6-8-12/h5-8H,3-4,9-10H2,1-2H3,(H3,14,15,16). The van der Waals surface area contributed by atoms with Crippen LogP contribution < -0.4 is 11.1 Å². The van der Waals surface area contributed by atoms with Crippen molar-refractivity contribution in [3.8, 4) is 0 Å². The van der Waals surface area contributed by atoms with Gasteiger partial charge in [-0.1, -0.05) is 43.2 Å². The summed E-state index contributed by atoms with van der Waals surface area (Å²) in [6.45, 7) is 5.78. The fourth-order valence-electron chi connectivity index (χ4n) is 1.32. The molecular weight excluding hydrogens is 198 g/mol. The van der Waals surface area contributed by atoms with Gasteiger partial charge in [0.25, 0.3) is 0 Å². The van der Waals surface area contributed by atoms with Crippen LogP contribution in [0.2, 0.25) is 0 Å². The van der Waals surface area contributed by atoms with Gasteiger partial charge in [-0.2, -0.15) is 0 Å². The van der Waals surface area contributed by atoms with Crippen molar-refractivity contribution in [2.24, 2.45) is 10.7 Å². The molecule has 0 fully saturated rings. The van der Waals surface area contributed by atoms with Gasteiger partial charge in [-0.3, -0.25) is 0 Å². The molecule has 0 spiro atoms. The van der Waals surface area contributed by atoms with Gasteiger partial charge >= 0.3 is 0 Å². The molecule has 0 heterocycles. The number of guanidine groups is 1. The molecule has 88 valence electrons. The Morgan fingerprint density at radius 3 is 2.62 bits per heavy atom. The van der Waals surface area contributed by atoms with Crippen LogP contribution in [-0.4, -0.2) is 12.5 Å². The fourth-order valence-corrected chi connectivity index (χ4v) is 1.32. The predicted molar refractivity (Wildman–Crippen MR) is 69.4 cm³/mol. The third kappa shape index (κ3) is 4.82. The molecule has 0 saturated carbocycles. The van der Waals surface area contributed by atoms with Gasteiger partial charge in [0.15, 0.2) is 5.96 Å². The van der Waals surface area contributed by atoms with Gasteiger partial charge in [0.05, 0.1) is 6.54 Å². The molecule has 0 amide bonds. The third-order valence-corrected chi connectivity index (χ3v) is 2.39. The van der Waals surface area contributed by atoms with Crippen LogP contribution in [0.15, 0.2) is 29.3 Å². The number of nitrogens with two attached hydrogens (primary N) is 1. The Labute approximate surface area is 97.8 Å². The van der Waals surface area contributed by atoms with Crippen molar-refractivity contribution in [1.29, 1.82) is 0 Å². The van der Waals surface area contributed by atoms with Crippen LogP contribution in [0.4, 0.5) is 0 Å². The highest BCUT2D eigenvalue weighted by Gasteiger charge is 1.93. The molecule has 0 aliphatic heterocycles. The van der Waals surface area contributed by atoms with Crippen LogP contribution in [-0.2, 0) is 6.54 Å². The number of benzene rings is 1. The lowest BCUT2D eigenvalue weighted by atomic mass is 10.1. The first-order valence-electron chi connectivity index (χ1n) is 5.81. The minimum Gasteiger partial charge on any atom is -0.370 e. The molecule has 0 atom stereocenters. The number of hydrogen-bond acceptors (Lipinski definition) is 1. The number of hydrogen-bond donors (Lipinski definition) is 2. The lowest BCUT2D eigenvalue weighted by Crippen LogP contribution is -2.32. The Kier molecular flexibility index (Phi) is 5.40. The summed E-state index contributed by atoms with van der Waals surface area (Å²) < 4.78 is 0. The molecule has 3 heteroatoms. The molecule has 16 heavy (non-hydrogen) atoms. The zero-order chi connectivity index (χ0) is 11.8. The quantitative estimate of drug-likeness (QED) is 0.453. The average molecular weight is 219 g/mol. The van der Waals surface area contributed by atoms with Crippen molar-refractivity contribution in [3.05, 3.63) is 35.4 Å². The van der Waals surface area contributed by atoms with Crippen LogP contribution in [0.1, 0.15) is 30.9 Å². The van der Waals surface area contributed by atoms with E-state index >= 15 is 0 Å². The lowest BCUT2D eigenvalue weighted by Gasteiger charge is -2.04. The minimum absolute atomic E-state index is 0.536. The zero-order valence-corrected chi connectivity index (χ0v) is 10.2. The van der Waals surface area contributed by atoms with Gasteiger partial charge < -0.3 is 11.1 Å². The van der Waals surface area contributed by atoms with Crippen LogP contribution in [0.25, 0.3) is 0 Å². The maximum atomic E-state index is 5.73. The number of nitrogens with one attached hydrogen (secondary N) is 1. The van der Waals surface area contributed by atoms with E-state index in [4.69, 9.17) is 5.73 Å². The van der Waals surface area contributed by atoms with Crippen molar-refractivity contribution in [2.75, 3.05) is 6.54 Å². The number of nitrogens with zero attached hydrogens (tertiary/aromatic N) is 1. The van der Waals surface area contributed by atoms with Crippen molar-refractivity contribution in [3.63, 3.8) is 0 Å². The summed E-state index contributed by atoms with van der Waals surface area (Å²) in [5.74, 6) is 0.536.